The SMILES string of the molecule is COCC#CCSc1nnc(-c2cccs2)n1Cc1ccccc1. The summed E-state index contributed by atoms with van der Waals surface area (Å²) >= 11 is 3.27. The van der Waals surface area contributed by atoms with Crippen molar-refractivity contribution >= 4 is 23.1 Å². The van der Waals surface area contributed by atoms with Crippen LogP contribution in [-0.2, 0) is 11.3 Å². The average Bonchev–Trinajstić information content (AvgIpc) is 3.26. The first-order valence-electron chi connectivity index (χ1n) is 7.47. The Labute approximate surface area is 149 Å². The van der Waals surface area contributed by atoms with Crippen molar-refractivity contribution in [2.24, 2.45) is 0 Å². The van der Waals surface area contributed by atoms with Crippen LogP contribution in [0, 0.1) is 11.8 Å². The molecule has 0 saturated carbocycles. The van der Waals surface area contributed by atoms with Crippen molar-refractivity contribution in [1.82, 2.24) is 14.8 Å². The van der Waals surface area contributed by atoms with Crippen molar-refractivity contribution in [2.75, 3.05) is 19.5 Å². The molecular weight excluding hydrogens is 338 g/mol. The second kappa shape index (κ2) is 8.69. The quantitative estimate of drug-likeness (QED) is 0.498. The van der Waals surface area contributed by atoms with Crippen molar-refractivity contribution < 1.29 is 4.74 Å². The molecule has 0 amide bonds. The second-order valence-corrected chi connectivity index (χ2v) is 6.82. The third-order valence-corrected chi connectivity index (χ3v) is 4.97. The van der Waals surface area contributed by atoms with Crippen LogP contribution >= 0.6 is 23.1 Å². The molecule has 0 fully saturated rings. The molecule has 0 atom stereocenters. The molecular formula is C18H17N3OS2. The standard InChI is InChI=1S/C18H17N3OS2/c1-22-11-5-6-12-24-18-20-19-17(16-10-7-13-23-16)21(18)14-15-8-3-2-4-9-15/h2-4,7-10,13H,11-12,14H2,1H3. The van der Waals surface area contributed by atoms with Gasteiger partial charge in [0.15, 0.2) is 11.0 Å². The van der Waals surface area contributed by atoms with Gasteiger partial charge in [-0.05, 0) is 17.0 Å². The number of thiophene rings is 1. The first kappa shape index (κ1) is 16.8. The average molecular weight is 355 g/mol. The molecule has 0 bridgehead atoms. The Morgan fingerprint density at radius 2 is 2.00 bits per heavy atom. The highest BCUT2D eigenvalue weighted by atomic mass is 32.2. The van der Waals surface area contributed by atoms with Gasteiger partial charge in [0, 0.05) is 7.11 Å². The summed E-state index contributed by atoms with van der Waals surface area (Å²) in [4.78, 5) is 1.12. The molecule has 3 aromatic rings. The van der Waals surface area contributed by atoms with Crippen molar-refractivity contribution in [1.29, 1.82) is 0 Å². The monoisotopic (exact) mass is 355 g/mol. The van der Waals surface area contributed by atoms with Crippen molar-refractivity contribution in [3.05, 3.63) is 53.4 Å². The fourth-order valence-electron chi connectivity index (χ4n) is 2.17. The number of thioether (sulfide) groups is 1. The number of hydrogen-bond acceptors (Lipinski definition) is 5. The smallest absolute Gasteiger partial charge is 0.192 e. The largest absolute Gasteiger partial charge is 0.372 e. The molecule has 0 aliphatic carbocycles. The number of aromatic nitrogens is 3. The van der Waals surface area contributed by atoms with Gasteiger partial charge in [0.25, 0.3) is 0 Å². The van der Waals surface area contributed by atoms with Gasteiger partial charge in [-0.15, -0.1) is 21.5 Å². The summed E-state index contributed by atoms with van der Waals surface area (Å²) < 4.78 is 7.09. The highest BCUT2D eigenvalue weighted by Crippen LogP contribution is 2.27. The van der Waals surface area contributed by atoms with Crippen LogP contribution in [0.4, 0.5) is 0 Å². The summed E-state index contributed by atoms with van der Waals surface area (Å²) in [7, 11) is 1.64. The van der Waals surface area contributed by atoms with E-state index in [0.29, 0.717) is 12.4 Å². The van der Waals surface area contributed by atoms with Gasteiger partial charge in [0.2, 0.25) is 0 Å². The minimum Gasteiger partial charge on any atom is -0.372 e. The van der Waals surface area contributed by atoms with Crippen molar-refractivity contribution in [3.63, 3.8) is 0 Å². The molecule has 0 radical (unpaired) electrons. The molecule has 0 aliphatic heterocycles. The number of rotatable bonds is 6. The predicted molar refractivity (Wildman–Crippen MR) is 99.3 cm³/mol. The minimum atomic E-state index is 0.456. The fraction of sp³-hybridized carbons (Fsp3) is 0.222. The maximum atomic E-state index is 4.94. The molecule has 0 spiro atoms. The van der Waals surface area contributed by atoms with Crippen LogP contribution in [0.25, 0.3) is 10.7 Å². The molecule has 3 rings (SSSR count). The Bertz CT molecular complexity index is 817. The lowest BCUT2D eigenvalue weighted by Crippen LogP contribution is -2.03. The zero-order chi connectivity index (χ0) is 16.6. The summed E-state index contributed by atoms with van der Waals surface area (Å²) in [6.07, 6.45) is 0. The van der Waals surface area contributed by atoms with Gasteiger partial charge in [0.1, 0.15) is 6.61 Å². The number of hydrogen-bond donors (Lipinski definition) is 0. The highest BCUT2D eigenvalue weighted by molar-refractivity contribution is 7.99. The molecule has 2 aromatic heterocycles. The Balaban J connectivity index is 1.84. The van der Waals surface area contributed by atoms with Gasteiger partial charge >= 0.3 is 0 Å². The molecule has 4 nitrogen and oxygen atoms in total. The molecule has 24 heavy (non-hydrogen) atoms. The summed E-state index contributed by atoms with van der Waals surface area (Å²) in [5.41, 5.74) is 1.22. The topological polar surface area (TPSA) is 39.9 Å². The van der Waals surface area contributed by atoms with Crippen molar-refractivity contribution in [3.8, 4) is 22.5 Å². The van der Waals surface area contributed by atoms with E-state index in [4.69, 9.17) is 4.74 Å². The van der Waals surface area contributed by atoms with Crippen LogP contribution in [0.3, 0.4) is 0 Å². The molecule has 0 unspecified atom stereocenters. The summed E-state index contributed by atoms with van der Waals surface area (Å²) in [5, 5.41) is 11.7. The van der Waals surface area contributed by atoms with E-state index in [-0.39, 0.29) is 0 Å². The minimum absolute atomic E-state index is 0.456. The zero-order valence-corrected chi connectivity index (χ0v) is 14.9. The summed E-state index contributed by atoms with van der Waals surface area (Å²) in [6, 6.07) is 14.5. The van der Waals surface area contributed by atoms with Gasteiger partial charge in [-0.3, -0.25) is 4.57 Å². The molecule has 6 heteroatoms. The number of ether oxygens (including phenoxy) is 1. The van der Waals surface area contributed by atoms with Gasteiger partial charge in [-0.25, -0.2) is 0 Å². The Hall–Kier alpha value is -2.07. The van der Waals surface area contributed by atoms with Crippen LogP contribution < -0.4 is 0 Å². The van der Waals surface area contributed by atoms with Crippen LogP contribution in [0.1, 0.15) is 5.56 Å². The van der Waals surface area contributed by atoms with Gasteiger partial charge in [-0.1, -0.05) is 60.0 Å². The summed E-state index contributed by atoms with van der Waals surface area (Å²) in [6.45, 7) is 1.20. The first-order valence-corrected chi connectivity index (χ1v) is 9.33. The van der Waals surface area contributed by atoms with E-state index in [1.165, 1.54) is 5.56 Å². The molecule has 0 N–H and O–H groups in total. The van der Waals surface area contributed by atoms with E-state index in [0.717, 1.165) is 22.4 Å². The Morgan fingerprint density at radius 1 is 1.12 bits per heavy atom. The zero-order valence-electron chi connectivity index (χ0n) is 13.3. The number of methoxy groups -OCH3 is 1. The van der Waals surface area contributed by atoms with E-state index in [2.05, 4.69) is 50.2 Å². The normalized spacial score (nSPS) is 10.4. The lowest BCUT2D eigenvalue weighted by molar-refractivity contribution is 0.240. The van der Waals surface area contributed by atoms with Gasteiger partial charge < -0.3 is 4.74 Å². The van der Waals surface area contributed by atoms with Crippen molar-refractivity contribution in [2.45, 2.75) is 11.7 Å². The predicted octanol–water partition coefficient (Wildman–Crippen LogP) is 3.80. The van der Waals surface area contributed by atoms with Crippen LogP contribution in [0.15, 0.2) is 53.0 Å². The molecule has 2 heterocycles. The Morgan fingerprint density at radius 3 is 2.75 bits per heavy atom. The molecule has 1 aromatic carbocycles. The third-order valence-electron chi connectivity index (χ3n) is 3.26. The third kappa shape index (κ3) is 4.26. The fourth-order valence-corrected chi connectivity index (χ4v) is 3.59. The first-order chi connectivity index (χ1) is 11.9. The molecule has 0 aliphatic rings. The van der Waals surface area contributed by atoms with E-state index in [9.17, 15) is 0 Å². The summed E-state index contributed by atoms with van der Waals surface area (Å²) in [5.74, 6) is 7.61. The van der Waals surface area contributed by atoms with Gasteiger partial charge in [0.05, 0.1) is 17.2 Å². The van der Waals surface area contributed by atoms with E-state index in [1.54, 1.807) is 30.2 Å². The Kier molecular flexibility index (Phi) is 6.07. The maximum absolute atomic E-state index is 4.94. The van der Waals surface area contributed by atoms with Gasteiger partial charge in [-0.2, -0.15) is 0 Å². The molecule has 0 saturated heterocycles. The molecule has 122 valence electrons. The number of nitrogens with zero attached hydrogens (tertiary/aromatic N) is 3. The van der Waals surface area contributed by atoms with E-state index in [1.807, 2.05) is 24.3 Å². The van der Waals surface area contributed by atoms with Crippen LogP contribution in [0.5, 0.6) is 0 Å². The van der Waals surface area contributed by atoms with Crippen LogP contribution in [0.2, 0.25) is 0 Å². The van der Waals surface area contributed by atoms with E-state index >= 15 is 0 Å². The highest BCUT2D eigenvalue weighted by Gasteiger charge is 2.15. The lowest BCUT2D eigenvalue weighted by atomic mass is 10.2. The van der Waals surface area contributed by atoms with Crippen LogP contribution in [-0.4, -0.2) is 34.2 Å². The van der Waals surface area contributed by atoms with E-state index < -0.39 is 0 Å². The number of benzene rings is 1. The second-order valence-electron chi connectivity index (χ2n) is 4.93. The maximum Gasteiger partial charge on any atom is 0.192 e. The lowest BCUT2D eigenvalue weighted by Gasteiger charge is -2.08.